The van der Waals surface area contributed by atoms with Gasteiger partial charge in [-0.15, -0.1) is 10.2 Å². The molecular formula is C19H25F3N6. The van der Waals surface area contributed by atoms with Gasteiger partial charge in [0.25, 0.3) is 0 Å². The lowest BCUT2D eigenvalue weighted by atomic mass is 9.64. The molecule has 1 fully saturated rings. The number of guanidine groups is 1. The van der Waals surface area contributed by atoms with Crippen molar-refractivity contribution < 1.29 is 13.2 Å². The first kappa shape index (κ1) is 20.2. The molecule has 0 spiro atoms. The highest BCUT2D eigenvalue weighted by molar-refractivity contribution is 5.79. The highest BCUT2D eigenvalue weighted by Gasteiger charge is 2.40. The summed E-state index contributed by atoms with van der Waals surface area (Å²) in [6.45, 7) is 3.54. The minimum atomic E-state index is -4.33. The molecular weight excluding hydrogens is 369 g/mol. The number of rotatable bonds is 6. The number of nitrogens with one attached hydrogen (secondary N) is 2. The van der Waals surface area contributed by atoms with Crippen LogP contribution in [0.5, 0.6) is 0 Å². The van der Waals surface area contributed by atoms with E-state index in [1.165, 1.54) is 12.1 Å². The zero-order valence-corrected chi connectivity index (χ0v) is 16.1. The quantitative estimate of drug-likeness (QED) is 0.584. The first-order valence-electron chi connectivity index (χ1n) is 9.37. The Bertz CT molecular complexity index is 823. The van der Waals surface area contributed by atoms with Crippen LogP contribution < -0.4 is 10.6 Å². The van der Waals surface area contributed by atoms with Crippen LogP contribution in [-0.4, -0.2) is 33.8 Å². The van der Waals surface area contributed by atoms with E-state index in [1.54, 1.807) is 17.0 Å². The second-order valence-electron chi connectivity index (χ2n) is 7.12. The van der Waals surface area contributed by atoms with Crippen LogP contribution in [0.3, 0.4) is 0 Å². The van der Waals surface area contributed by atoms with Gasteiger partial charge < -0.3 is 15.2 Å². The Hall–Kier alpha value is -2.58. The van der Waals surface area contributed by atoms with Crippen molar-refractivity contribution >= 4 is 5.96 Å². The minimum absolute atomic E-state index is 0.303. The summed E-state index contributed by atoms with van der Waals surface area (Å²) in [5.41, 5.74) is -0.174. The van der Waals surface area contributed by atoms with Gasteiger partial charge in [0.15, 0.2) is 11.8 Å². The summed E-state index contributed by atoms with van der Waals surface area (Å²) in [5.74, 6) is 1.34. The summed E-state index contributed by atoms with van der Waals surface area (Å²) in [5, 5.41) is 14.3. The highest BCUT2D eigenvalue weighted by Crippen LogP contribution is 2.44. The van der Waals surface area contributed by atoms with E-state index in [1.807, 2.05) is 14.0 Å². The highest BCUT2D eigenvalue weighted by atomic mass is 19.4. The lowest BCUT2D eigenvalue weighted by Gasteiger charge is -2.43. The fourth-order valence-corrected chi connectivity index (χ4v) is 3.39. The fraction of sp³-hybridized carbons (Fsp3) is 0.526. The van der Waals surface area contributed by atoms with Crippen molar-refractivity contribution in [1.29, 1.82) is 0 Å². The number of aryl methyl sites for hydroxylation is 1. The monoisotopic (exact) mass is 394 g/mol. The molecule has 1 aliphatic rings. The maximum atomic E-state index is 13.1. The Morgan fingerprint density at radius 3 is 2.64 bits per heavy atom. The summed E-state index contributed by atoms with van der Waals surface area (Å²) in [6.07, 6.45) is -0.0123. The SMILES string of the molecule is CCNC(=NCc1nncn1C)NCC1(c2cccc(C(F)(F)F)c2)CCC1. The van der Waals surface area contributed by atoms with Crippen molar-refractivity contribution in [2.24, 2.45) is 12.0 Å². The molecule has 152 valence electrons. The Labute approximate surface area is 162 Å². The molecule has 9 heteroatoms. The standard InChI is InChI=1S/C19H25F3N6/c1-3-23-17(24-11-16-27-26-13-28(16)2)25-12-18(8-5-9-18)14-6-4-7-15(10-14)19(20,21)22/h4,6-7,10,13H,3,5,8-9,11-12H2,1-2H3,(H2,23,24,25). The van der Waals surface area contributed by atoms with E-state index in [9.17, 15) is 13.2 Å². The van der Waals surface area contributed by atoms with Crippen LogP contribution in [0, 0.1) is 0 Å². The number of hydrogen-bond acceptors (Lipinski definition) is 3. The number of aliphatic imine (C=N–C) groups is 1. The van der Waals surface area contributed by atoms with Crippen LogP contribution >= 0.6 is 0 Å². The predicted octanol–water partition coefficient (Wildman–Crippen LogP) is 3.01. The molecule has 0 amide bonds. The summed E-state index contributed by atoms with van der Waals surface area (Å²) >= 11 is 0. The molecule has 1 aromatic carbocycles. The Morgan fingerprint density at radius 2 is 2.07 bits per heavy atom. The average Bonchev–Trinajstić information content (AvgIpc) is 3.03. The van der Waals surface area contributed by atoms with Gasteiger partial charge in [-0.3, -0.25) is 0 Å². The molecule has 3 rings (SSSR count). The molecule has 6 nitrogen and oxygen atoms in total. The lowest BCUT2D eigenvalue weighted by Crippen LogP contribution is -2.49. The van der Waals surface area contributed by atoms with Gasteiger partial charge in [-0.2, -0.15) is 13.2 Å². The van der Waals surface area contributed by atoms with Crippen LogP contribution in [0.15, 0.2) is 35.6 Å². The number of nitrogens with zero attached hydrogens (tertiary/aromatic N) is 4. The van der Waals surface area contributed by atoms with E-state index in [0.29, 0.717) is 25.6 Å². The minimum Gasteiger partial charge on any atom is -0.357 e. The normalized spacial score (nSPS) is 16.5. The molecule has 1 heterocycles. The molecule has 1 aliphatic carbocycles. The molecule has 1 saturated carbocycles. The van der Waals surface area contributed by atoms with Crippen LogP contribution in [0.1, 0.15) is 43.1 Å². The smallest absolute Gasteiger partial charge is 0.357 e. The predicted molar refractivity (Wildman–Crippen MR) is 101 cm³/mol. The molecule has 1 aromatic heterocycles. The molecule has 0 unspecified atom stereocenters. The van der Waals surface area contributed by atoms with E-state index < -0.39 is 11.7 Å². The molecule has 2 N–H and O–H groups in total. The number of halogens is 3. The van der Waals surface area contributed by atoms with Gasteiger partial charge in [0.05, 0.1) is 5.56 Å². The van der Waals surface area contributed by atoms with Gasteiger partial charge >= 0.3 is 6.18 Å². The van der Waals surface area contributed by atoms with Crippen molar-refractivity contribution in [3.63, 3.8) is 0 Å². The average molecular weight is 394 g/mol. The molecule has 0 saturated heterocycles. The van der Waals surface area contributed by atoms with Crippen LogP contribution in [0.25, 0.3) is 0 Å². The fourth-order valence-electron chi connectivity index (χ4n) is 3.39. The van der Waals surface area contributed by atoms with Crippen molar-refractivity contribution in [3.8, 4) is 0 Å². The van der Waals surface area contributed by atoms with Crippen molar-refractivity contribution in [2.45, 2.75) is 44.3 Å². The molecule has 2 aromatic rings. The van der Waals surface area contributed by atoms with Gasteiger partial charge in [-0.25, -0.2) is 4.99 Å². The van der Waals surface area contributed by atoms with Gasteiger partial charge in [0.1, 0.15) is 12.9 Å². The summed E-state index contributed by atoms with van der Waals surface area (Å²) < 4.78 is 41.1. The van der Waals surface area contributed by atoms with E-state index in [4.69, 9.17) is 0 Å². The molecule has 0 aliphatic heterocycles. The van der Waals surface area contributed by atoms with Gasteiger partial charge in [0, 0.05) is 25.6 Å². The lowest BCUT2D eigenvalue weighted by molar-refractivity contribution is -0.137. The summed E-state index contributed by atoms with van der Waals surface area (Å²) in [4.78, 5) is 4.52. The van der Waals surface area contributed by atoms with Crippen molar-refractivity contribution in [1.82, 2.24) is 25.4 Å². The van der Waals surface area contributed by atoms with E-state index in [2.05, 4.69) is 25.8 Å². The van der Waals surface area contributed by atoms with Gasteiger partial charge in [-0.1, -0.05) is 24.6 Å². The Morgan fingerprint density at radius 1 is 1.29 bits per heavy atom. The Kier molecular flexibility index (Phi) is 5.90. The molecule has 28 heavy (non-hydrogen) atoms. The van der Waals surface area contributed by atoms with Crippen LogP contribution in [0.4, 0.5) is 13.2 Å². The third-order valence-corrected chi connectivity index (χ3v) is 5.24. The number of aromatic nitrogens is 3. The van der Waals surface area contributed by atoms with E-state index >= 15 is 0 Å². The first-order chi connectivity index (χ1) is 13.3. The topological polar surface area (TPSA) is 67.1 Å². The van der Waals surface area contributed by atoms with Gasteiger partial charge in [-0.05, 0) is 31.4 Å². The molecule has 0 radical (unpaired) electrons. The number of hydrogen-bond donors (Lipinski definition) is 2. The number of alkyl halides is 3. The summed E-state index contributed by atoms with van der Waals surface area (Å²) in [7, 11) is 1.85. The van der Waals surface area contributed by atoms with E-state index in [-0.39, 0.29) is 5.41 Å². The summed E-state index contributed by atoms with van der Waals surface area (Å²) in [6, 6.07) is 5.69. The third-order valence-electron chi connectivity index (χ3n) is 5.24. The molecule has 0 bridgehead atoms. The van der Waals surface area contributed by atoms with Crippen molar-refractivity contribution in [3.05, 3.63) is 47.5 Å². The van der Waals surface area contributed by atoms with E-state index in [0.717, 1.165) is 36.7 Å². The molecule has 0 atom stereocenters. The maximum Gasteiger partial charge on any atom is 0.416 e. The Balaban J connectivity index is 1.73. The van der Waals surface area contributed by atoms with Crippen molar-refractivity contribution in [2.75, 3.05) is 13.1 Å². The third kappa shape index (κ3) is 4.45. The van der Waals surface area contributed by atoms with Gasteiger partial charge in [0.2, 0.25) is 0 Å². The largest absolute Gasteiger partial charge is 0.416 e. The maximum absolute atomic E-state index is 13.1. The van der Waals surface area contributed by atoms with Crippen LogP contribution in [0.2, 0.25) is 0 Å². The first-order valence-corrected chi connectivity index (χ1v) is 9.37. The second kappa shape index (κ2) is 8.20. The zero-order chi connectivity index (χ0) is 20.2. The number of benzene rings is 1. The second-order valence-corrected chi connectivity index (χ2v) is 7.12. The zero-order valence-electron chi connectivity index (χ0n) is 16.1. The van der Waals surface area contributed by atoms with Crippen LogP contribution in [-0.2, 0) is 25.2 Å².